The van der Waals surface area contributed by atoms with Gasteiger partial charge < -0.3 is 20.0 Å². The number of alkyl halides is 5. The van der Waals surface area contributed by atoms with Gasteiger partial charge in [0.15, 0.2) is 23.9 Å². The highest BCUT2D eigenvalue weighted by atomic mass is 32.1. The second-order valence-corrected chi connectivity index (χ2v) is 7.07. The minimum absolute atomic E-state index is 0.0370. The molecule has 3 rings (SSSR count). The second kappa shape index (κ2) is 9.81. The Labute approximate surface area is 183 Å². The molecule has 0 aliphatic rings. The van der Waals surface area contributed by atoms with Crippen molar-refractivity contribution >= 4 is 17.2 Å². The molecule has 6 nitrogen and oxygen atoms in total. The lowest BCUT2D eigenvalue weighted by molar-refractivity contribution is -0.137. The van der Waals surface area contributed by atoms with Crippen LogP contribution in [0.2, 0.25) is 0 Å². The number of hydrogen-bond donors (Lipinski definition) is 1. The normalized spacial score (nSPS) is 12.2. The van der Waals surface area contributed by atoms with Crippen molar-refractivity contribution in [2.75, 3.05) is 7.11 Å². The monoisotopic (exact) mass is 473 g/mol. The first-order chi connectivity index (χ1) is 15.2. The molecule has 1 aromatic heterocycles. The van der Waals surface area contributed by atoms with Gasteiger partial charge in [-0.15, -0.1) is 11.3 Å². The molecule has 0 radical (unpaired) electrons. The van der Waals surface area contributed by atoms with Crippen molar-refractivity contribution in [3.05, 3.63) is 64.7 Å². The minimum Gasteiger partial charge on any atom is -0.493 e. The Morgan fingerprint density at radius 2 is 1.84 bits per heavy atom. The molecule has 0 aliphatic carbocycles. The number of hydrogen-bond acceptors (Lipinski definition) is 6. The van der Waals surface area contributed by atoms with Gasteiger partial charge in [-0.2, -0.15) is 22.0 Å². The number of thiazole rings is 1. The summed E-state index contributed by atoms with van der Waals surface area (Å²) >= 11 is 1.24. The number of benzene rings is 2. The van der Waals surface area contributed by atoms with Crippen LogP contribution in [0.4, 0.5) is 22.0 Å². The molecule has 0 atom stereocenters. The fourth-order valence-corrected chi connectivity index (χ4v) is 3.36. The van der Waals surface area contributed by atoms with Crippen LogP contribution in [-0.4, -0.2) is 24.5 Å². The van der Waals surface area contributed by atoms with Gasteiger partial charge in [-0.1, -0.05) is 17.3 Å². The van der Waals surface area contributed by atoms with Gasteiger partial charge >= 0.3 is 12.8 Å². The summed E-state index contributed by atoms with van der Waals surface area (Å²) in [4.78, 5) is 9.49. The molecule has 1 heterocycles. The van der Waals surface area contributed by atoms with Crippen LogP contribution in [0.25, 0.3) is 10.6 Å². The number of methoxy groups -OCH3 is 1. The minimum atomic E-state index is -4.40. The summed E-state index contributed by atoms with van der Waals surface area (Å²) in [5.74, 6) is -0.148. The van der Waals surface area contributed by atoms with Gasteiger partial charge in [0, 0.05) is 16.5 Å². The molecule has 0 spiro atoms. The third-order valence-electron chi connectivity index (χ3n) is 4.06. The number of oxime groups is 1. The largest absolute Gasteiger partial charge is 0.493 e. The highest BCUT2D eigenvalue weighted by molar-refractivity contribution is 7.13. The summed E-state index contributed by atoms with van der Waals surface area (Å²) in [7, 11) is 1.29. The first-order valence-corrected chi connectivity index (χ1v) is 9.76. The molecule has 0 bridgehead atoms. The summed E-state index contributed by atoms with van der Waals surface area (Å²) in [6.45, 7) is -3.05. The molecule has 2 aromatic carbocycles. The lowest BCUT2D eigenvalue weighted by atomic mass is 10.1. The van der Waals surface area contributed by atoms with Gasteiger partial charge in [-0.25, -0.2) is 4.98 Å². The molecule has 170 valence electrons. The number of aromatic nitrogens is 1. The van der Waals surface area contributed by atoms with Gasteiger partial charge in [-0.05, 0) is 30.3 Å². The molecule has 0 amide bonds. The average Bonchev–Trinajstić information content (AvgIpc) is 3.22. The van der Waals surface area contributed by atoms with Gasteiger partial charge in [0.05, 0.1) is 18.4 Å². The summed E-state index contributed by atoms with van der Waals surface area (Å²) in [6, 6.07) is 8.71. The van der Waals surface area contributed by atoms with E-state index >= 15 is 0 Å². The third kappa shape index (κ3) is 5.84. The Kier molecular flexibility index (Phi) is 7.13. The highest BCUT2D eigenvalue weighted by Crippen LogP contribution is 2.32. The molecular weight excluding hydrogens is 457 g/mol. The van der Waals surface area contributed by atoms with Crippen LogP contribution in [0.1, 0.15) is 16.8 Å². The van der Waals surface area contributed by atoms with E-state index in [4.69, 9.17) is 15.3 Å². The molecule has 0 unspecified atom stereocenters. The van der Waals surface area contributed by atoms with Crippen LogP contribution in [0.5, 0.6) is 11.5 Å². The average molecular weight is 473 g/mol. The van der Waals surface area contributed by atoms with Crippen LogP contribution in [0, 0.1) is 0 Å². The predicted molar refractivity (Wildman–Crippen MR) is 108 cm³/mol. The number of ether oxygens (including phenoxy) is 2. The topological polar surface area (TPSA) is 79.0 Å². The molecule has 12 heteroatoms. The van der Waals surface area contributed by atoms with Crippen LogP contribution in [0.15, 0.2) is 53.0 Å². The van der Waals surface area contributed by atoms with E-state index in [-0.39, 0.29) is 23.9 Å². The Balaban J connectivity index is 1.63. The van der Waals surface area contributed by atoms with Gasteiger partial charge in [0.2, 0.25) is 0 Å². The van der Waals surface area contributed by atoms with Crippen molar-refractivity contribution in [2.45, 2.75) is 19.4 Å². The van der Waals surface area contributed by atoms with E-state index in [0.29, 0.717) is 21.8 Å². The molecule has 32 heavy (non-hydrogen) atoms. The number of nitrogens with zero attached hydrogens (tertiary/aromatic N) is 2. The number of halogens is 5. The van der Waals surface area contributed by atoms with Gasteiger partial charge in [-0.3, -0.25) is 0 Å². The molecule has 2 N–H and O–H groups in total. The maximum absolute atomic E-state index is 12.7. The third-order valence-corrected chi connectivity index (χ3v) is 5.00. The van der Waals surface area contributed by atoms with Crippen LogP contribution >= 0.6 is 11.3 Å². The van der Waals surface area contributed by atoms with E-state index in [2.05, 4.69) is 14.9 Å². The Hall–Kier alpha value is -3.41. The molecule has 3 aromatic rings. The lowest BCUT2D eigenvalue weighted by Gasteiger charge is -2.11. The van der Waals surface area contributed by atoms with Crippen molar-refractivity contribution in [1.82, 2.24) is 4.98 Å². The Bertz CT molecular complexity index is 1080. The van der Waals surface area contributed by atoms with E-state index in [1.807, 2.05) is 0 Å². The van der Waals surface area contributed by atoms with Crippen molar-refractivity contribution in [3.8, 4) is 22.1 Å². The van der Waals surface area contributed by atoms with Crippen molar-refractivity contribution in [2.24, 2.45) is 10.9 Å². The number of rotatable bonds is 8. The van der Waals surface area contributed by atoms with E-state index < -0.39 is 18.4 Å². The smallest absolute Gasteiger partial charge is 0.416 e. The SMILES string of the molecule is COc1cc(/C(N)=N/OCc2csc(-c3ccc(C(F)(F)F)cc3)n2)ccc1OC(F)F. The zero-order chi connectivity index (χ0) is 23.3. The summed E-state index contributed by atoms with van der Waals surface area (Å²) in [5, 5.41) is 5.97. The maximum atomic E-state index is 12.7. The highest BCUT2D eigenvalue weighted by Gasteiger charge is 2.30. The molecular formula is C20H16F5N3O3S. The van der Waals surface area contributed by atoms with E-state index in [1.165, 1.54) is 48.8 Å². The molecule has 0 saturated carbocycles. The number of nitrogens with two attached hydrogens (primary N) is 1. The summed E-state index contributed by atoms with van der Waals surface area (Å²) < 4.78 is 72.2. The Morgan fingerprint density at radius 3 is 2.47 bits per heavy atom. The molecule has 0 fully saturated rings. The van der Waals surface area contributed by atoms with E-state index in [9.17, 15) is 22.0 Å². The fourth-order valence-electron chi connectivity index (χ4n) is 2.55. The lowest BCUT2D eigenvalue weighted by Crippen LogP contribution is -2.14. The van der Waals surface area contributed by atoms with Gasteiger partial charge in [0.1, 0.15) is 5.01 Å². The van der Waals surface area contributed by atoms with Crippen molar-refractivity contribution in [1.29, 1.82) is 0 Å². The zero-order valence-corrected chi connectivity index (χ0v) is 17.2. The Morgan fingerprint density at radius 1 is 1.12 bits per heavy atom. The second-order valence-electron chi connectivity index (χ2n) is 6.21. The zero-order valence-electron chi connectivity index (χ0n) is 16.4. The summed E-state index contributed by atoms with van der Waals surface area (Å²) in [5.41, 5.74) is 6.50. The van der Waals surface area contributed by atoms with E-state index in [1.54, 1.807) is 5.38 Å². The van der Waals surface area contributed by atoms with Crippen molar-refractivity contribution < 1.29 is 36.3 Å². The predicted octanol–water partition coefficient (Wildman–Crippen LogP) is 5.28. The van der Waals surface area contributed by atoms with Crippen LogP contribution < -0.4 is 15.2 Å². The summed E-state index contributed by atoms with van der Waals surface area (Å²) in [6.07, 6.45) is -4.40. The first-order valence-electron chi connectivity index (χ1n) is 8.88. The number of amidine groups is 1. The van der Waals surface area contributed by atoms with Crippen LogP contribution in [-0.2, 0) is 17.6 Å². The van der Waals surface area contributed by atoms with Crippen LogP contribution in [0.3, 0.4) is 0 Å². The maximum Gasteiger partial charge on any atom is 0.416 e. The fraction of sp³-hybridized carbons (Fsp3) is 0.200. The van der Waals surface area contributed by atoms with Gasteiger partial charge in [0.25, 0.3) is 0 Å². The quantitative estimate of drug-likeness (QED) is 0.209. The molecule has 0 saturated heterocycles. The standard InChI is InChI=1S/C20H16F5N3O3S/c1-29-16-8-12(4-7-15(16)31-19(21)22)17(26)28-30-9-14-10-32-18(27-14)11-2-5-13(6-3-11)20(23,24)25/h2-8,10,19H,9H2,1H3,(H2,26,28). The van der Waals surface area contributed by atoms with Crippen molar-refractivity contribution in [3.63, 3.8) is 0 Å². The van der Waals surface area contributed by atoms with E-state index in [0.717, 1.165) is 12.1 Å². The molecule has 0 aliphatic heterocycles. The first kappa shape index (κ1) is 23.3.